The van der Waals surface area contributed by atoms with E-state index in [0.717, 1.165) is 10.0 Å². The van der Waals surface area contributed by atoms with E-state index in [0.29, 0.717) is 0 Å². The molecule has 0 spiro atoms. The van der Waals surface area contributed by atoms with Crippen LogP contribution in [0.2, 0.25) is 0 Å². The summed E-state index contributed by atoms with van der Waals surface area (Å²) in [5.74, 6) is 0.273. The van der Waals surface area contributed by atoms with Gasteiger partial charge in [0.2, 0.25) is 5.91 Å². The van der Waals surface area contributed by atoms with Gasteiger partial charge in [-0.3, -0.25) is 4.79 Å². The van der Waals surface area contributed by atoms with Crippen molar-refractivity contribution in [1.82, 2.24) is 5.32 Å². The maximum atomic E-state index is 12.5. The second-order valence-corrected chi connectivity index (χ2v) is 6.63. The van der Waals surface area contributed by atoms with Gasteiger partial charge in [-0.1, -0.05) is 35.0 Å². The Kier molecular flexibility index (Phi) is 4.86. The van der Waals surface area contributed by atoms with Crippen molar-refractivity contribution in [3.8, 4) is 0 Å². The summed E-state index contributed by atoms with van der Waals surface area (Å²) < 4.78 is 6.78. The first-order valence-electron chi connectivity index (χ1n) is 7.11. The number of amides is 1. The average molecular weight is 340 g/mol. The van der Waals surface area contributed by atoms with E-state index in [1.165, 1.54) is 0 Å². The smallest absolute Gasteiger partial charge is 0.226 e. The summed E-state index contributed by atoms with van der Waals surface area (Å²) in [6, 6.07) is 8.03. The van der Waals surface area contributed by atoms with Crippen molar-refractivity contribution in [3.63, 3.8) is 0 Å². The fraction of sp³-hybridized carbons (Fsp3) is 0.562. The second-order valence-electron chi connectivity index (χ2n) is 5.71. The van der Waals surface area contributed by atoms with Gasteiger partial charge in [0.15, 0.2) is 0 Å². The lowest BCUT2D eigenvalue weighted by molar-refractivity contribution is -0.127. The highest BCUT2D eigenvalue weighted by Crippen LogP contribution is 2.32. The van der Waals surface area contributed by atoms with Gasteiger partial charge in [-0.25, -0.2) is 0 Å². The Morgan fingerprint density at radius 3 is 2.30 bits per heavy atom. The van der Waals surface area contributed by atoms with Crippen molar-refractivity contribution in [2.75, 3.05) is 0 Å². The topological polar surface area (TPSA) is 38.3 Å². The van der Waals surface area contributed by atoms with Crippen molar-refractivity contribution in [3.05, 3.63) is 34.3 Å². The standard InChI is InChI=1S/C16H22BrNO2/c1-9-11(3)20-12(4)15(9)16(19)18-10(2)13-5-7-14(17)8-6-13/h5-12,15H,1-4H3,(H,18,19). The molecule has 3 nitrogen and oxygen atoms in total. The maximum absolute atomic E-state index is 12.5. The lowest BCUT2D eigenvalue weighted by atomic mass is 9.88. The molecule has 0 aromatic heterocycles. The van der Waals surface area contributed by atoms with Crippen molar-refractivity contribution in [1.29, 1.82) is 0 Å². The first-order chi connectivity index (χ1) is 9.40. The molecule has 1 N–H and O–H groups in total. The van der Waals surface area contributed by atoms with Crippen LogP contribution in [0.5, 0.6) is 0 Å². The summed E-state index contributed by atoms with van der Waals surface area (Å²) in [7, 11) is 0. The van der Waals surface area contributed by atoms with E-state index in [9.17, 15) is 4.79 Å². The molecule has 1 aliphatic rings. The summed E-state index contributed by atoms with van der Waals surface area (Å²) in [6.45, 7) is 8.11. The van der Waals surface area contributed by atoms with Crippen molar-refractivity contribution >= 4 is 21.8 Å². The average Bonchev–Trinajstić information content (AvgIpc) is 2.63. The van der Waals surface area contributed by atoms with Gasteiger partial charge in [-0.15, -0.1) is 0 Å². The van der Waals surface area contributed by atoms with E-state index >= 15 is 0 Å². The minimum absolute atomic E-state index is 0.00547. The van der Waals surface area contributed by atoms with E-state index < -0.39 is 0 Å². The number of rotatable bonds is 3. The Labute approximate surface area is 129 Å². The Morgan fingerprint density at radius 2 is 1.80 bits per heavy atom. The van der Waals surface area contributed by atoms with Crippen LogP contribution in [0, 0.1) is 11.8 Å². The highest BCUT2D eigenvalue weighted by Gasteiger charge is 2.41. The summed E-state index contributed by atoms with van der Waals surface area (Å²) in [5, 5.41) is 3.10. The molecule has 0 radical (unpaired) electrons. The Morgan fingerprint density at radius 1 is 1.20 bits per heavy atom. The number of benzene rings is 1. The van der Waals surface area contributed by atoms with Crippen LogP contribution >= 0.6 is 15.9 Å². The monoisotopic (exact) mass is 339 g/mol. The second kappa shape index (κ2) is 6.27. The molecule has 20 heavy (non-hydrogen) atoms. The number of hydrogen-bond acceptors (Lipinski definition) is 2. The first kappa shape index (κ1) is 15.5. The van der Waals surface area contributed by atoms with Crippen LogP contribution < -0.4 is 5.32 Å². The molecule has 0 saturated carbocycles. The number of halogens is 1. The zero-order valence-electron chi connectivity index (χ0n) is 12.4. The third-order valence-electron chi connectivity index (χ3n) is 4.27. The Hall–Kier alpha value is -0.870. The van der Waals surface area contributed by atoms with E-state index in [2.05, 4.69) is 28.2 Å². The van der Waals surface area contributed by atoms with Crippen LogP contribution in [0.3, 0.4) is 0 Å². The van der Waals surface area contributed by atoms with Gasteiger partial charge in [0.25, 0.3) is 0 Å². The van der Waals surface area contributed by atoms with Gasteiger partial charge >= 0.3 is 0 Å². The molecule has 2 rings (SSSR count). The molecule has 4 heteroatoms. The molecule has 5 atom stereocenters. The normalized spacial score (nSPS) is 31.1. The molecule has 1 heterocycles. The summed E-state index contributed by atoms with van der Waals surface area (Å²) in [6.07, 6.45) is 0.126. The van der Waals surface area contributed by atoms with Gasteiger partial charge < -0.3 is 10.1 Å². The summed E-state index contributed by atoms with van der Waals surface area (Å²) in [5.41, 5.74) is 1.11. The molecular weight excluding hydrogens is 318 g/mol. The molecule has 1 saturated heterocycles. The lowest BCUT2D eigenvalue weighted by Crippen LogP contribution is -2.38. The van der Waals surface area contributed by atoms with Crippen LogP contribution in [0.15, 0.2) is 28.7 Å². The minimum atomic E-state index is -0.0668. The van der Waals surface area contributed by atoms with Crippen molar-refractivity contribution in [2.45, 2.75) is 45.9 Å². The van der Waals surface area contributed by atoms with E-state index in [1.807, 2.05) is 45.0 Å². The molecule has 0 aliphatic carbocycles. The van der Waals surface area contributed by atoms with Crippen LogP contribution in [-0.2, 0) is 9.53 Å². The fourth-order valence-electron chi connectivity index (χ4n) is 2.86. The van der Waals surface area contributed by atoms with Crippen molar-refractivity contribution in [2.24, 2.45) is 11.8 Å². The van der Waals surface area contributed by atoms with Crippen LogP contribution in [0.4, 0.5) is 0 Å². The number of carbonyl (C=O) groups excluding carboxylic acids is 1. The highest BCUT2D eigenvalue weighted by molar-refractivity contribution is 9.10. The lowest BCUT2D eigenvalue weighted by Gasteiger charge is -2.21. The molecule has 1 amide bonds. The van der Waals surface area contributed by atoms with Crippen LogP contribution in [0.1, 0.15) is 39.3 Å². The van der Waals surface area contributed by atoms with Crippen molar-refractivity contribution < 1.29 is 9.53 Å². The molecule has 110 valence electrons. The molecule has 5 unspecified atom stereocenters. The predicted octanol–water partition coefficient (Wildman–Crippen LogP) is 3.69. The van der Waals surface area contributed by atoms with Crippen LogP contribution in [0.25, 0.3) is 0 Å². The SMILES string of the molecule is CC(NC(=O)C1C(C)OC(C)C1C)c1ccc(Br)cc1. The van der Waals surface area contributed by atoms with Gasteiger partial charge in [0.05, 0.1) is 24.2 Å². The number of nitrogens with one attached hydrogen (secondary N) is 1. The maximum Gasteiger partial charge on any atom is 0.226 e. The number of carbonyl (C=O) groups is 1. The van der Waals surface area contributed by atoms with Crippen LogP contribution in [-0.4, -0.2) is 18.1 Å². The fourth-order valence-corrected chi connectivity index (χ4v) is 3.13. The van der Waals surface area contributed by atoms with Gasteiger partial charge in [-0.2, -0.15) is 0 Å². The third-order valence-corrected chi connectivity index (χ3v) is 4.80. The van der Waals surface area contributed by atoms with E-state index in [-0.39, 0.29) is 36.0 Å². The highest BCUT2D eigenvalue weighted by atomic mass is 79.9. The molecule has 1 aromatic rings. The van der Waals surface area contributed by atoms with E-state index in [4.69, 9.17) is 4.74 Å². The zero-order valence-corrected chi connectivity index (χ0v) is 14.0. The quantitative estimate of drug-likeness (QED) is 0.911. The summed E-state index contributed by atoms with van der Waals surface area (Å²) >= 11 is 3.42. The molecule has 1 aliphatic heterocycles. The molecule has 0 bridgehead atoms. The largest absolute Gasteiger partial charge is 0.374 e. The molecular formula is C16H22BrNO2. The third kappa shape index (κ3) is 3.23. The van der Waals surface area contributed by atoms with E-state index in [1.54, 1.807) is 0 Å². The number of hydrogen-bond donors (Lipinski definition) is 1. The Balaban J connectivity index is 2.02. The zero-order chi connectivity index (χ0) is 14.9. The predicted molar refractivity (Wildman–Crippen MR) is 83.4 cm³/mol. The number of ether oxygens (including phenoxy) is 1. The summed E-state index contributed by atoms with van der Waals surface area (Å²) in [4.78, 5) is 12.5. The molecule has 1 aromatic carbocycles. The Bertz CT molecular complexity index is 474. The van der Waals surface area contributed by atoms with Gasteiger partial charge in [0, 0.05) is 4.47 Å². The van der Waals surface area contributed by atoms with Gasteiger partial charge in [0.1, 0.15) is 0 Å². The van der Waals surface area contributed by atoms with Gasteiger partial charge in [-0.05, 0) is 44.4 Å². The first-order valence-corrected chi connectivity index (χ1v) is 7.90. The molecule has 1 fully saturated rings. The minimum Gasteiger partial charge on any atom is -0.374 e.